The molecule has 0 bridgehead atoms. The second-order valence-electron chi connectivity index (χ2n) is 17.1. The van der Waals surface area contributed by atoms with Crippen molar-refractivity contribution in [2.45, 2.75) is 12.8 Å². The van der Waals surface area contributed by atoms with Crippen LogP contribution in [0.2, 0.25) is 0 Å². The maximum Gasteiger partial charge on any atom is 0.232 e. The molecule has 1 aliphatic carbocycles. The van der Waals surface area contributed by atoms with Crippen molar-refractivity contribution in [3.05, 3.63) is 187 Å². The van der Waals surface area contributed by atoms with E-state index in [-0.39, 0.29) is 0 Å². The van der Waals surface area contributed by atoms with Gasteiger partial charge in [0, 0.05) is 69.3 Å². The van der Waals surface area contributed by atoms with Crippen molar-refractivity contribution in [3.8, 4) is 34.0 Å². The maximum absolute atomic E-state index is 6.66. The second-order valence-corrected chi connectivity index (χ2v) is 18.2. The SMILES string of the molecule is C1=Cc2oc3nc(-c4ccccc4)nc(-n4c5ccc(-c6cc7ccc8cccc9c8c7c(c6)n9-c6ccccc6)cc5c5c6c7ccccc7sc6c6ccccc6c54)c3c2CC1. The van der Waals surface area contributed by atoms with Gasteiger partial charge in [0.1, 0.15) is 5.76 Å². The first-order chi connectivity index (χ1) is 31.7. The normalized spacial score (nSPS) is 13.1. The van der Waals surface area contributed by atoms with Crippen LogP contribution in [0.5, 0.6) is 0 Å². The number of allylic oxidation sites excluding steroid dienone is 1. The van der Waals surface area contributed by atoms with Gasteiger partial charge in [-0.2, -0.15) is 4.98 Å². The molecule has 0 saturated carbocycles. The largest absolute Gasteiger partial charge is 0.438 e. The first kappa shape index (κ1) is 34.5. The minimum Gasteiger partial charge on any atom is -0.438 e. The summed E-state index contributed by atoms with van der Waals surface area (Å²) < 4.78 is 14.1. The molecule has 9 aromatic carbocycles. The highest BCUT2D eigenvalue weighted by Gasteiger charge is 2.28. The van der Waals surface area contributed by atoms with Crippen molar-refractivity contribution in [3.63, 3.8) is 0 Å². The average Bonchev–Trinajstić information content (AvgIpc) is 4.12. The number of aryl methyl sites for hydroxylation is 1. The van der Waals surface area contributed by atoms with Gasteiger partial charge in [-0.3, -0.25) is 4.57 Å². The molecule has 15 rings (SSSR count). The number of thiophene rings is 1. The summed E-state index contributed by atoms with van der Waals surface area (Å²) in [7, 11) is 0. The molecule has 0 fully saturated rings. The second kappa shape index (κ2) is 12.8. The van der Waals surface area contributed by atoms with Crippen molar-refractivity contribution in [1.29, 1.82) is 0 Å². The molecule has 0 atom stereocenters. The molecule has 0 radical (unpaired) electrons. The lowest BCUT2D eigenvalue weighted by Crippen LogP contribution is -2.04. The van der Waals surface area contributed by atoms with Crippen LogP contribution < -0.4 is 0 Å². The first-order valence-corrected chi connectivity index (χ1v) is 22.8. The van der Waals surface area contributed by atoms with E-state index in [1.54, 1.807) is 0 Å². The lowest BCUT2D eigenvalue weighted by atomic mass is 9.95. The Morgan fingerprint density at radius 2 is 1.28 bits per heavy atom. The minimum atomic E-state index is 0.616. The van der Waals surface area contributed by atoms with Crippen LogP contribution in [0.1, 0.15) is 17.7 Å². The van der Waals surface area contributed by atoms with E-state index < -0.39 is 0 Å². The number of furan rings is 1. The standard InChI is InChI=1S/C58H34N4OS/c1-3-14-34(15-4-1)56-59-57(53-41-21-9-11-24-47(41)63-58(53)60-56)62-44-29-28-35(31-43(44)51-52-42-22-10-12-25-48(42)64-55(52)40-20-8-7-19-39(40)54(51)62)37-30-36-27-26-33-16-13-23-45-49(33)50(36)46(32-37)61(45)38-17-5-2-6-18-38/h1-8,10-20,22-32H,9,21H2. The molecular weight excluding hydrogens is 801 g/mol. The zero-order valence-electron chi connectivity index (χ0n) is 34.3. The van der Waals surface area contributed by atoms with Crippen molar-refractivity contribution in [2.24, 2.45) is 0 Å². The van der Waals surface area contributed by atoms with Crippen LogP contribution in [0.15, 0.2) is 180 Å². The van der Waals surface area contributed by atoms with E-state index in [2.05, 4.69) is 173 Å². The molecule has 5 nitrogen and oxygen atoms in total. The molecule has 0 amide bonds. The number of benzene rings is 9. The molecular formula is C58H34N4OS. The van der Waals surface area contributed by atoms with Crippen LogP contribution in [0.3, 0.4) is 0 Å². The molecule has 0 saturated heterocycles. The van der Waals surface area contributed by atoms with Gasteiger partial charge < -0.3 is 8.98 Å². The summed E-state index contributed by atoms with van der Waals surface area (Å²) in [6.45, 7) is 0. The van der Waals surface area contributed by atoms with Gasteiger partial charge in [-0.15, -0.1) is 11.3 Å². The van der Waals surface area contributed by atoms with Crippen LogP contribution in [0.25, 0.3) is 137 Å². The van der Waals surface area contributed by atoms with Crippen molar-refractivity contribution in [2.75, 3.05) is 0 Å². The third-order valence-electron chi connectivity index (χ3n) is 13.7. The van der Waals surface area contributed by atoms with Crippen LogP contribution in [0, 0.1) is 0 Å². The minimum absolute atomic E-state index is 0.616. The Bertz CT molecular complexity index is 4300. The summed E-state index contributed by atoms with van der Waals surface area (Å²) in [4.78, 5) is 10.7. The summed E-state index contributed by atoms with van der Waals surface area (Å²) in [5, 5.41) is 13.5. The molecule has 298 valence electrons. The third-order valence-corrected chi connectivity index (χ3v) is 14.9. The molecule has 0 spiro atoms. The van der Waals surface area contributed by atoms with Crippen LogP contribution >= 0.6 is 11.3 Å². The Balaban J connectivity index is 1.11. The Hall–Kier alpha value is -8.06. The molecule has 0 unspecified atom stereocenters. The van der Waals surface area contributed by atoms with Gasteiger partial charge >= 0.3 is 0 Å². The van der Waals surface area contributed by atoms with Gasteiger partial charge in [0.15, 0.2) is 11.6 Å². The van der Waals surface area contributed by atoms with E-state index in [4.69, 9.17) is 14.4 Å². The molecule has 0 aliphatic heterocycles. The first-order valence-electron chi connectivity index (χ1n) is 22.0. The van der Waals surface area contributed by atoms with E-state index in [0.717, 1.165) is 57.7 Å². The number of fused-ring (bicyclic) bond motifs is 13. The van der Waals surface area contributed by atoms with Gasteiger partial charge in [0.05, 0.1) is 27.5 Å². The van der Waals surface area contributed by atoms with Crippen LogP contribution in [0.4, 0.5) is 0 Å². The number of nitrogens with zero attached hydrogens (tertiary/aromatic N) is 4. The zero-order chi connectivity index (χ0) is 41.6. The zero-order valence-corrected chi connectivity index (χ0v) is 35.2. The third kappa shape index (κ3) is 4.62. The van der Waals surface area contributed by atoms with Gasteiger partial charge in [0.25, 0.3) is 0 Å². The number of aromatic nitrogens is 4. The van der Waals surface area contributed by atoms with E-state index >= 15 is 0 Å². The molecule has 14 aromatic rings. The fourth-order valence-electron chi connectivity index (χ4n) is 11.0. The van der Waals surface area contributed by atoms with Crippen LogP contribution in [-0.4, -0.2) is 19.1 Å². The van der Waals surface area contributed by atoms with E-state index in [0.29, 0.717) is 11.5 Å². The monoisotopic (exact) mass is 834 g/mol. The van der Waals surface area contributed by atoms with Gasteiger partial charge in [0.2, 0.25) is 5.71 Å². The maximum atomic E-state index is 6.66. The summed E-state index contributed by atoms with van der Waals surface area (Å²) in [6.07, 6.45) is 6.11. The topological polar surface area (TPSA) is 48.8 Å². The number of hydrogen-bond acceptors (Lipinski definition) is 4. The predicted molar refractivity (Wildman–Crippen MR) is 268 cm³/mol. The summed E-state index contributed by atoms with van der Waals surface area (Å²) in [5.74, 6) is 2.36. The predicted octanol–water partition coefficient (Wildman–Crippen LogP) is 15.8. The fourth-order valence-corrected chi connectivity index (χ4v) is 12.3. The van der Waals surface area contributed by atoms with E-state index in [1.807, 2.05) is 29.5 Å². The van der Waals surface area contributed by atoms with E-state index in [9.17, 15) is 0 Å². The lowest BCUT2D eigenvalue weighted by molar-refractivity contribution is 0.584. The molecule has 5 aromatic heterocycles. The van der Waals surface area contributed by atoms with Gasteiger partial charge in [-0.05, 0) is 89.3 Å². The summed E-state index contributed by atoms with van der Waals surface area (Å²) in [5.41, 5.74) is 10.9. The van der Waals surface area contributed by atoms with Crippen molar-refractivity contribution >= 4 is 114 Å². The average molecular weight is 835 g/mol. The smallest absolute Gasteiger partial charge is 0.232 e. The quantitative estimate of drug-likeness (QED) is 0.166. The lowest BCUT2D eigenvalue weighted by Gasteiger charge is -2.14. The number of hydrogen-bond donors (Lipinski definition) is 0. The Morgan fingerprint density at radius 3 is 2.17 bits per heavy atom. The summed E-state index contributed by atoms with van der Waals surface area (Å²) >= 11 is 1.89. The van der Waals surface area contributed by atoms with Crippen molar-refractivity contribution < 1.29 is 4.42 Å². The Kier molecular flexibility index (Phi) is 6.88. The molecule has 1 aliphatic rings. The van der Waals surface area contributed by atoms with Crippen LogP contribution in [-0.2, 0) is 6.42 Å². The molecule has 5 heterocycles. The molecule has 64 heavy (non-hydrogen) atoms. The van der Waals surface area contributed by atoms with E-state index in [1.165, 1.54) is 85.4 Å². The highest BCUT2D eigenvalue weighted by atomic mass is 32.1. The highest BCUT2D eigenvalue weighted by Crippen LogP contribution is 2.50. The van der Waals surface area contributed by atoms with Crippen molar-refractivity contribution in [1.82, 2.24) is 19.1 Å². The highest BCUT2D eigenvalue weighted by molar-refractivity contribution is 7.27. The fraction of sp³-hybridized carbons (Fsp3) is 0.0345. The summed E-state index contributed by atoms with van der Waals surface area (Å²) in [6, 6.07) is 62.1. The molecule has 0 N–H and O–H groups in total. The van der Waals surface area contributed by atoms with Gasteiger partial charge in [-0.25, -0.2) is 4.98 Å². The van der Waals surface area contributed by atoms with Gasteiger partial charge in [-0.1, -0.05) is 127 Å². The Morgan fingerprint density at radius 1 is 0.500 bits per heavy atom. The number of rotatable bonds is 4. The Labute approximate surface area is 369 Å². The number of para-hydroxylation sites is 1. The molecule has 6 heteroatoms.